The Kier molecular flexibility index (Phi) is 5.69. The molecule has 1 aliphatic rings. The topological polar surface area (TPSA) is 77.8 Å². The molecule has 1 aromatic carbocycles. The van der Waals surface area contributed by atoms with E-state index in [1.807, 2.05) is 19.1 Å². The van der Waals surface area contributed by atoms with Crippen molar-refractivity contribution in [3.8, 4) is 17.0 Å². The lowest BCUT2D eigenvalue weighted by atomic mass is 10.0. The summed E-state index contributed by atoms with van der Waals surface area (Å²) < 4.78 is 13.1. The number of aryl methyl sites for hydroxylation is 1. The van der Waals surface area contributed by atoms with Crippen molar-refractivity contribution in [3.63, 3.8) is 0 Å². The first-order chi connectivity index (χ1) is 14.1. The number of fused-ring (bicyclic) bond motifs is 1. The van der Waals surface area contributed by atoms with Crippen molar-refractivity contribution < 1.29 is 14.3 Å². The first-order valence-corrected chi connectivity index (χ1v) is 10.1. The molecule has 3 heterocycles. The minimum Gasteiger partial charge on any atom is -0.488 e. The predicted octanol–water partition coefficient (Wildman–Crippen LogP) is 3.67. The van der Waals surface area contributed by atoms with E-state index < -0.39 is 5.97 Å². The molecule has 1 aliphatic heterocycles. The molecule has 0 amide bonds. The van der Waals surface area contributed by atoms with E-state index in [2.05, 4.69) is 15.4 Å². The molecule has 0 bridgehead atoms. The maximum atomic E-state index is 12.2. The van der Waals surface area contributed by atoms with E-state index in [1.54, 1.807) is 23.7 Å². The third kappa shape index (κ3) is 4.06. The van der Waals surface area contributed by atoms with Crippen molar-refractivity contribution >= 4 is 23.1 Å². The van der Waals surface area contributed by atoms with Crippen molar-refractivity contribution in [1.82, 2.24) is 19.9 Å². The van der Waals surface area contributed by atoms with Crippen LogP contribution < -0.4 is 10.1 Å². The second-order valence-electron chi connectivity index (χ2n) is 7.07. The van der Waals surface area contributed by atoms with E-state index in [9.17, 15) is 4.79 Å². The molecule has 3 aromatic rings. The monoisotopic (exact) mass is 414 g/mol. The van der Waals surface area contributed by atoms with Crippen LogP contribution in [0.25, 0.3) is 16.8 Å². The molecule has 0 aliphatic carbocycles. The first-order valence-electron chi connectivity index (χ1n) is 9.75. The highest BCUT2D eigenvalue weighted by Crippen LogP contribution is 2.38. The molecule has 2 aromatic heterocycles. The molecule has 152 valence electrons. The van der Waals surface area contributed by atoms with Crippen LogP contribution >= 0.6 is 11.6 Å². The Morgan fingerprint density at radius 1 is 1.38 bits per heavy atom. The number of rotatable bonds is 5. The van der Waals surface area contributed by atoms with Crippen LogP contribution in [0, 0.1) is 6.92 Å². The van der Waals surface area contributed by atoms with Crippen molar-refractivity contribution in [3.05, 3.63) is 46.9 Å². The molecule has 7 nitrogen and oxygen atoms in total. The Hall–Kier alpha value is -2.64. The third-order valence-electron chi connectivity index (χ3n) is 4.95. The summed E-state index contributed by atoms with van der Waals surface area (Å²) in [5, 5.41) is 8.20. The largest absolute Gasteiger partial charge is 0.488 e. The molecule has 0 spiro atoms. The zero-order chi connectivity index (χ0) is 20.4. The highest BCUT2D eigenvalue weighted by atomic mass is 35.5. The van der Waals surface area contributed by atoms with Crippen LogP contribution in [0.5, 0.6) is 5.75 Å². The number of halogens is 1. The molecule has 29 heavy (non-hydrogen) atoms. The van der Waals surface area contributed by atoms with Gasteiger partial charge in [0.1, 0.15) is 23.9 Å². The summed E-state index contributed by atoms with van der Waals surface area (Å²) in [7, 11) is 0. The highest BCUT2D eigenvalue weighted by Gasteiger charge is 2.22. The van der Waals surface area contributed by atoms with E-state index in [0.717, 1.165) is 42.8 Å². The maximum absolute atomic E-state index is 12.2. The number of carbonyl (C=O) groups is 1. The van der Waals surface area contributed by atoms with Gasteiger partial charge in [-0.1, -0.05) is 11.6 Å². The molecule has 0 saturated carbocycles. The first kappa shape index (κ1) is 19.7. The van der Waals surface area contributed by atoms with Crippen LogP contribution in [0.4, 0.5) is 0 Å². The standard InChI is InChI=1S/C21H23ClN4O3/c1-3-28-21(27)14-8-18-19(24-12-25-26(18)11-14)17-9-15(22)7-13(2)20(17)29-16-5-4-6-23-10-16/h7-9,11-12,16,23H,3-6,10H2,1-2H3/t16-/m0/s1. The second kappa shape index (κ2) is 8.39. The Labute approximate surface area is 174 Å². The number of nitrogens with zero attached hydrogens (tertiary/aromatic N) is 3. The molecule has 0 radical (unpaired) electrons. The molecule has 1 atom stereocenters. The number of piperidine rings is 1. The van der Waals surface area contributed by atoms with Crippen LogP contribution in [-0.4, -0.2) is 46.4 Å². The third-order valence-corrected chi connectivity index (χ3v) is 5.17. The van der Waals surface area contributed by atoms with Gasteiger partial charge in [0.2, 0.25) is 0 Å². The van der Waals surface area contributed by atoms with Gasteiger partial charge in [0.05, 0.1) is 17.7 Å². The number of nitrogens with one attached hydrogen (secondary N) is 1. The number of hydrogen-bond donors (Lipinski definition) is 1. The van der Waals surface area contributed by atoms with Crippen LogP contribution in [0.1, 0.15) is 35.7 Å². The lowest BCUT2D eigenvalue weighted by molar-refractivity contribution is 0.0526. The minimum atomic E-state index is -0.393. The summed E-state index contributed by atoms with van der Waals surface area (Å²) in [4.78, 5) is 16.7. The quantitative estimate of drug-likeness (QED) is 0.642. The lowest BCUT2D eigenvalue weighted by Gasteiger charge is -2.26. The molecule has 1 N–H and O–H groups in total. The predicted molar refractivity (Wildman–Crippen MR) is 111 cm³/mol. The average Bonchev–Trinajstić information content (AvgIpc) is 3.15. The van der Waals surface area contributed by atoms with E-state index in [4.69, 9.17) is 21.1 Å². The summed E-state index contributed by atoms with van der Waals surface area (Å²) in [6.07, 6.45) is 5.25. The Bertz CT molecular complexity index is 1040. The molecule has 1 saturated heterocycles. The van der Waals surface area contributed by atoms with E-state index in [0.29, 0.717) is 28.4 Å². The van der Waals surface area contributed by atoms with Gasteiger partial charge in [0, 0.05) is 23.3 Å². The molecule has 8 heteroatoms. The minimum absolute atomic E-state index is 0.0853. The number of aromatic nitrogens is 3. The van der Waals surface area contributed by atoms with Crippen molar-refractivity contribution in [1.29, 1.82) is 0 Å². The SMILES string of the molecule is CCOC(=O)c1cc2c(-c3cc(Cl)cc(C)c3O[C@H]3CCCNC3)ncnn2c1. The van der Waals surface area contributed by atoms with E-state index in [1.165, 1.54) is 6.33 Å². The normalized spacial score (nSPS) is 16.7. The van der Waals surface area contributed by atoms with Crippen molar-refractivity contribution in [2.24, 2.45) is 0 Å². The molecular formula is C21H23ClN4O3. The molecule has 1 fully saturated rings. The van der Waals surface area contributed by atoms with Gasteiger partial charge in [-0.25, -0.2) is 14.3 Å². The smallest absolute Gasteiger partial charge is 0.339 e. The van der Waals surface area contributed by atoms with Crippen LogP contribution in [0.15, 0.2) is 30.7 Å². The number of ether oxygens (including phenoxy) is 2. The van der Waals surface area contributed by atoms with Crippen LogP contribution in [0.3, 0.4) is 0 Å². The lowest BCUT2D eigenvalue weighted by Crippen LogP contribution is -2.37. The summed E-state index contributed by atoms with van der Waals surface area (Å²) in [6.45, 7) is 5.88. The van der Waals surface area contributed by atoms with Gasteiger partial charge in [-0.3, -0.25) is 0 Å². The van der Waals surface area contributed by atoms with Crippen LogP contribution in [-0.2, 0) is 4.74 Å². The zero-order valence-corrected chi connectivity index (χ0v) is 17.2. The number of carbonyl (C=O) groups excluding carboxylic acids is 1. The van der Waals surface area contributed by atoms with E-state index in [-0.39, 0.29) is 6.10 Å². The Balaban J connectivity index is 1.81. The summed E-state index contributed by atoms with van der Waals surface area (Å²) in [5.74, 6) is 0.360. The molecule has 0 unspecified atom stereocenters. The van der Waals surface area contributed by atoms with Gasteiger partial charge in [-0.2, -0.15) is 5.10 Å². The fraction of sp³-hybridized carbons (Fsp3) is 0.381. The fourth-order valence-corrected chi connectivity index (χ4v) is 3.89. The maximum Gasteiger partial charge on any atom is 0.339 e. The van der Waals surface area contributed by atoms with E-state index >= 15 is 0 Å². The number of benzene rings is 1. The summed E-state index contributed by atoms with van der Waals surface area (Å²) in [6, 6.07) is 5.46. The highest BCUT2D eigenvalue weighted by molar-refractivity contribution is 6.31. The summed E-state index contributed by atoms with van der Waals surface area (Å²) >= 11 is 6.37. The Morgan fingerprint density at radius 3 is 3.00 bits per heavy atom. The average molecular weight is 415 g/mol. The van der Waals surface area contributed by atoms with Gasteiger partial charge in [-0.05, 0) is 57.0 Å². The van der Waals surface area contributed by atoms with Crippen LogP contribution in [0.2, 0.25) is 5.02 Å². The second-order valence-corrected chi connectivity index (χ2v) is 7.51. The van der Waals surface area contributed by atoms with Gasteiger partial charge >= 0.3 is 5.97 Å². The molecule has 4 rings (SSSR count). The van der Waals surface area contributed by atoms with Gasteiger partial charge in [0.25, 0.3) is 0 Å². The number of esters is 1. The fourth-order valence-electron chi connectivity index (χ4n) is 3.61. The van der Waals surface area contributed by atoms with Gasteiger partial charge in [-0.15, -0.1) is 0 Å². The van der Waals surface area contributed by atoms with Crippen molar-refractivity contribution in [2.45, 2.75) is 32.8 Å². The molecular weight excluding hydrogens is 392 g/mol. The summed E-state index contributed by atoms with van der Waals surface area (Å²) in [5.41, 5.74) is 3.48. The Morgan fingerprint density at radius 2 is 2.24 bits per heavy atom. The van der Waals surface area contributed by atoms with Crippen molar-refractivity contribution in [2.75, 3.05) is 19.7 Å². The van der Waals surface area contributed by atoms with Gasteiger partial charge in [0.15, 0.2) is 0 Å². The van der Waals surface area contributed by atoms with Gasteiger partial charge < -0.3 is 14.8 Å². The number of hydrogen-bond acceptors (Lipinski definition) is 6. The zero-order valence-electron chi connectivity index (χ0n) is 16.4.